The minimum atomic E-state index is -4.48. The Morgan fingerprint density at radius 3 is 1.14 bits per heavy atom. The first-order chi connectivity index (χ1) is 5.91. The molecule has 0 amide bonds. The van der Waals surface area contributed by atoms with Gasteiger partial charge in [0.1, 0.15) is 0 Å². The average molecular weight is 274 g/mol. The summed E-state index contributed by atoms with van der Waals surface area (Å²) in [6.07, 6.45) is 0. The second kappa shape index (κ2) is 6.68. The van der Waals surface area contributed by atoms with Crippen LogP contribution in [0.25, 0.3) is 0 Å². The van der Waals surface area contributed by atoms with Crippen LogP contribution in [-0.2, 0) is 10.9 Å². The van der Waals surface area contributed by atoms with E-state index in [0.717, 1.165) is 0 Å². The van der Waals surface area contributed by atoms with Crippen LogP contribution < -0.4 is 0 Å². The maximum absolute atomic E-state index is 9.60. The molecule has 0 heterocycles. The van der Waals surface area contributed by atoms with Gasteiger partial charge in [0.25, 0.3) is 0 Å². The molecule has 0 saturated carbocycles. The fourth-order valence-electron chi connectivity index (χ4n) is 0.269. The molecule has 0 aliphatic carbocycles. The predicted octanol–water partition coefficient (Wildman–Crippen LogP) is -2.23. The molecule has 0 rings (SSSR count). The van der Waals surface area contributed by atoms with E-state index in [1.54, 1.807) is 0 Å². The molecule has 0 aliphatic rings. The van der Waals surface area contributed by atoms with Crippen molar-refractivity contribution < 1.29 is 31.6 Å². The molecule has 0 fully saturated rings. The minimum absolute atomic E-state index is 0. The van der Waals surface area contributed by atoms with Gasteiger partial charge >= 0.3 is 73.8 Å². The van der Waals surface area contributed by atoms with Crippen molar-refractivity contribution in [3.8, 4) is 0 Å². The van der Waals surface area contributed by atoms with E-state index >= 15 is 0 Å². The van der Waals surface area contributed by atoms with Gasteiger partial charge in [-0.25, -0.2) is 0 Å². The molecule has 0 bridgehead atoms. The first-order valence-electron chi connectivity index (χ1n) is 2.35. The van der Waals surface area contributed by atoms with Crippen LogP contribution in [0.1, 0.15) is 0 Å². The average Bonchev–Trinajstić information content (AvgIpc) is 1.80. The molecular formula is H2GaN3O10. The van der Waals surface area contributed by atoms with Crippen molar-refractivity contribution in [2.75, 3.05) is 0 Å². The summed E-state index contributed by atoms with van der Waals surface area (Å²) in [7, 11) is 0. The quantitative estimate of drug-likeness (QED) is 0.293. The zero-order valence-electron chi connectivity index (χ0n) is 6.09. The zero-order chi connectivity index (χ0) is 10.4. The van der Waals surface area contributed by atoms with Gasteiger partial charge in [-0.2, -0.15) is 0 Å². The molecule has 0 aromatic rings. The Labute approximate surface area is 80.0 Å². The summed E-state index contributed by atoms with van der Waals surface area (Å²) < 4.78 is 10.4. The summed E-state index contributed by atoms with van der Waals surface area (Å²) >= 11 is -4.48. The van der Waals surface area contributed by atoms with Crippen LogP contribution in [-0.4, -0.2) is 38.0 Å². The molecule has 0 unspecified atom stereocenters. The number of rotatable bonds is 6. The Bertz CT molecular complexity index is 185. The molecule has 0 aromatic carbocycles. The molecule has 2 N–H and O–H groups in total. The van der Waals surface area contributed by atoms with E-state index in [0.29, 0.717) is 0 Å². The van der Waals surface area contributed by atoms with Crippen molar-refractivity contribution >= 4 is 17.3 Å². The second-order valence-corrected chi connectivity index (χ2v) is 3.81. The summed E-state index contributed by atoms with van der Waals surface area (Å²) in [6, 6.07) is 0. The van der Waals surface area contributed by atoms with E-state index in [4.69, 9.17) is 0 Å². The number of nitrogens with zero attached hydrogens (tertiary/aromatic N) is 3. The molecule has 0 radical (unpaired) electrons. The Balaban J connectivity index is 0. The van der Waals surface area contributed by atoms with Crippen LogP contribution in [0.4, 0.5) is 0 Å². The van der Waals surface area contributed by atoms with Gasteiger partial charge in [0.2, 0.25) is 0 Å². The molecule has 0 spiro atoms. The van der Waals surface area contributed by atoms with Gasteiger partial charge < -0.3 is 5.48 Å². The topological polar surface area (TPSA) is 189 Å². The monoisotopic (exact) mass is 273 g/mol. The third-order valence-corrected chi connectivity index (χ3v) is 2.68. The Kier molecular flexibility index (Phi) is 7.02. The van der Waals surface area contributed by atoms with Gasteiger partial charge in [0.05, 0.1) is 0 Å². The fraction of sp³-hybridized carbons (Fsp3) is 0. The van der Waals surface area contributed by atoms with E-state index in [9.17, 15) is 30.3 Å². The van der Waals surface area contributed by atoms with Crippen LogP contribution in [0, 0.1) is 30.3 Å². The standard InChI is InChI=1S/Ga.3NO3.H2O/c;3*2-1(3)4;/h;;;;1H2/q+3;3*-1;. The molecule has 0 aromatic heterocycles. The Morgan fingerprint density at radius 2 is 1.00 bits per heavy atom. The first-order valence-corrected chi connectivity index (χ1v) is 5.32. The van der Waals surface area contributed by atoms with Crippen LogP contribution in [0.5, 0.6) is 0 Å². The Hall–Kier alpha value is -1.80. The zero-order valence-corrected chi connectivity index (χ0v) is 8.52. The summed E-state index contributed by atoms with van der Waals surface area (Å²) in [5.41, 5.74) is 0. The Morgan fingerprint density at radius 1 is 0.786 bits per heavy atom. The summed E-state index contributed by atoms with van der Waals surface area (Å²) in [5, 5.41) is 24.4. The van der Waals surface area contributed by atoms with E-state index < -0.39 is 32.6 Å². The summed E-state index contributed by atoms with van der Waals surface area (Å²) in [4.78, 5) is 28.8. The second-order valence-electron chi connectivity index (χ2n) is 1.28. The van der Waals surface area contributed by atoms with Gasteiger partial charge in [-0.15, -0.1) is 0 Å². The van der Waals surface area contributed by atoms with Crippen LogP contribution in [0.15, 0.2) is 0 Å². The van der Waals surface area contributed by atoms with Crippen molar-refractivity contribution in [3.63, 3.8) is 0 Å². The molecule has 80 valence electrons. The number of hydrogen-bond acceptors (Lipinski definition) is 9. The van der Waals surface area contributed by atoms with Gasteiger partial charge in [-0.3, -0.25) is 0 Å². The maximum atomic E-state index is 9.60. The van der Waals surface area contributed by atoms with Crippen LogP contribution in [0.3, 0.4) is 0 Å². The van der Waals surface area contributed by atoms with E-state index in [-0.39, 0.29) is 5.48 Å². The van der Waals surface area contributed by atoms with Gasteiger partial charge in [-0.05, 0) is 0 Å². The normalized spacial score (nSPS) is 7.71. The van der Waals surface area contributed by atoms with Crippen molar-refractivity contribution in [2.45, 2.75) is 0 Å². The summed E-state index contributed by atoms with van der Waals surface area (Å²) in [5.74, 6) is 0. The van der Waals surface area contributed by atoms with E-state index in [2.05, 4.69) is 10.9 Å². The molecule has 0 aliphatic heterocycles. The molecule has 14 heteroatoms. The molecular weight excluding hydrogens is 272 g/mol. The predicted molar refractivity (Wildman–Crippen MR) is 33.6 cm³/mol. The van der Waals surface area contributed by atoms with Crippen LogP contribution in [0.2, 0.25) is 0 Å². The van der Waals surface area contributed by atoms with E-state index in [1.807, 2.05) is 0 Å². The third-order valence-electron chi connectivity index (χ3n) is 0.516. The first kappa shape index (κ1) is 14.7. The van der Waals surface area contributed by atoms with Crippen molar-refractivity contribution in [1.82, 2.24) is 0 Å². The number of hydrogen-bond donors (Lipinski definition) is 0. The van der Waals surface area contributed by atoms with Crippen LogP contribution >= 0.6 is 0 Å². The van der Waals surface area contributed by atoms with Crippen molar-refractivity contribution in [2.24, 2.45) is 0 Å². The molecule has 0 atom stereocenters. The summed E-state index contributed by atoms with van der Waals surface area (Å²) in [6.45, 7) is 0. The molecule has 13 nitrogen and oxygen atoms in total. The van der Waals surface area contributed by atoms with Gasteiger partial charge in [0, 0.05) is 0 Å². The third kappa shape index (κ3) is 8.29. The molecule has 14 heavy (non-hydrogen) atoms. The van der Waals surface area contributed by atoms with E-state index in [1.165, 1.54) is 0 Å². The van der Waals surface area contributed by atoms with Crippen molar-refractivity contribution in [1.29, 1.82) is 0 Å². The van der Waals surface area contributed by atoms with Crippen molar-refractivity contribution in [3.05, 3.63) is 30.3 Å². The molecule has 0 saturated heterocycles. The SMILES string of the molecule is O.O=[N+]([O-])[O][Ga]([O][N+](=O)[O-])[O][N+](=O)[O-]. The van der Waals surface area contributed by atoms with Gasteiger partial charge in [0.15, 0.2) is 0 Å². The fourth-order valence-corrected chi connectivity index (χ4v) is 1.40. The van der Waals surface area contributed by atoms with Gasteiger partial charge in [-0.1, -0.05) is 0 Å².